The van der Waals surface area contributed by atoms with Gasteiger partial charge in [0.2, 0.25) is 0 Å². The Morgan fingerprint density at radius 3 is 2.25 bits per heavy atom. The van der Waals surface area contributed by atoms with Crippen LogP contribution in [0.25, 0.3) is 21.5 Å². The molecule has 0 aliphatic rings. The van der Waals surface area contributed by atoms with Gasteiger partial charge in [0.15, 0.2) is 11.6 Å². The Labute approximate surface area is 91.1 Å². The van der Waals surface area contributed by atoms with Gasteiger partial charge in [0.25, 0.3) is 0 Å². The fraction of sp³-hybridized carbons (Fsp3) is 0. The van der Waals surface area contributed by atoms with Crippen LogP contribution in [0.2, 0.25) is 0 Å². The molecule has 0 atom stereocenters. The van der Waals surface area contributed by atoms with Crippen molar-refractivity contribution in [3.8, 4) is 0 Å². The minimum absolute atomic E-state index is 0.332. The number of halogens is 2. The molecule has 2 heteroatoms. The van der Waals surface area contributed by atoms with E-state index in [0.717, 1.165) is 16.2 Å². The van der Waals surface area contributed by atoms with E-state index in [4.69, 9.17) is 0 Å². The molecule has 0 aliphatic carbocycles. The van der Waals surface area contributed by atoms with Crippen LogP contribution in [-0.4, -0.2) is 0 Å². The van der Waals surface area contributed by atoms with Crippen molar-refractivity contribution in [3.05, 3.63) is 60.2 Å². The Kier molecular flexibility index (Phi) is 1.90. The number of benzene rings is 3. The molecule has 3 aromatic carbocycles. The van der Waals surface area contributed by atoms with E-state index < -0.39 is 11.6 Å². The summed E-state index contributed by atoms with van der Waals surface area (Å²) in [5.41, 5.74) is 0. The highest BCUT2D eigenvalue weighted by atomic mass is 19.2. The maximum Gasteiger partial charge on any atom is 0.166 e. The average Bonchev–Trinajstić information content (AvgIpc) is 2.33. The van der Waals surface area contributed by atoms with Crippen molar-refractivity contribution in [2.75, 3.05) is 0 Å². The Bertz CT molecular complexity index is 687. The van der Waals surface area contributed by atoms with Crippen LogP contribution in [0.15, 0.2) is 48.5 Å². The molecule has 0 saturated heterocycles. The van der Waals surface area contributed by atoms with Gasteiger partial charge < -0.3 is 0 Å². The van der Waals surface area contributed by atoms with Gasteiger partial charge in [-0.25, -0.2) is 8.78 Å². The van der Waals surface area contributed by atoms with E-state index in [1.807, 2.05) is 24.3 Å². The first kappa shape index (κ1) is 9.28. The molecule has 0 unspecified atom stereocenters. The van der Waals surface area contributed by atoms with Crippen LogP contribution in [0.4, 0.5) is 8.78 Å². The minimum Gasteiger partial charge on any atom is -0.204 e. The molecule has 0 radical (unpaired) electrons. The highest BCUT2D eigenvalue weighted by Crippen LogP contribution is 2.27. The summed E-state index contributed by atoms with van der Waals surface area (Å²) < 4.78 is 26.6. The van der Waals surface area contributed by atoms with Crippen molar-refractivity contribution in [2.45, 2.75) is 0 Å². The summed E-state index contributed by atoms with van der Waals surface area (Å²) in [4.78, 5) is 0. The molecule has 0 aliphatic heterocycles. The van der Waals surface area contributed by atoms with Gasteiger partial charge in [-0.1, -0.05) is 42.5 Å². The first-order chi connectivity index (χ1) is 7.77. The van der Waals surface area contributed by atoms with E-state index in [0.29, 0.717) is 5.39 Å². The summed E-state index contributed by atoms with van der Waals surface area (Å²) >= 11 is 0. The summed E-state index contributed by atoms with van der Waals surface area (Å²) in [6, 6.07) is 13.9. The molecule has 0 amide bonds. The quantitative estimate of drug-likeness (QED) is 0.490. The van der Waals surface area contributed by atoms with Gasteiger partial charge in [-0.05, 0) is 22.2 Å². The molecule has 16 heavy (non-hydrogen) atoms. The molecule has 0 bridgehead atoms. The molecule has 0 aromatic heterocycles. The number of fused-ring (bicyclic) bond motifs is 3. The maximum atomic E-state index is 13.6. The molecule has 0 nitrogen and oxygen atoms in total. The predicted molar refractivity (Wildman–Crippen MR) is 61.4 cm³/mol. The molecule has 3 rings (SSSR count). The maximum absolute atomic E-state index is 13.6. The number of hydrogen-bond donors (Lipinski definition) is 0. The van der Waals surface area contributed by atoms with Gasteiger partial charge in [0, 0.05) is 5.39 Å². The number of hydrogen-bond acceptors (Lipinski definition) is 0. The zero-order valence-electron chi connectivity index (χ0n) is 8.37. The van der Waals surface area contributed by atoms with E-state index in [9.17, 15) is 8.78 Å². The molecule has 0 heterocycles. The molecule has 0 N–H and O–H groups in total. The molecule has 0 spiro atoms. The fourth-order valence-electron chi connectivity index (χ4n) is 2.02. The van der Waals surface area contributed by atoms with Crippen LogP contribution < -0.4 is 0 Å². The van der Waals surface area contributed by atoms with Crippen molar-refractivity contribution in [1.29, 1.82) is 0 Å². The van der Waals surface area contributed by atoms with Crippen molar-refractivity contribution in [3.63, 3.8) is 0 Å². The van der Waals surface area contributed by atoms with Crippen LogP contribution in [0.3, 0.4) is 0 Å². The molecule has 78 valence electrons. The lowest BCUT2D eigenvalue weighted by atomic mass is 10.0. The largest absolute Gasteiger partial charge is 0.204 e. The fourth-order valence-corrected chi connectivity index (χ4v) is 2.02. The zero-order valence-corrected chi connectivity index (χ0v) is 8.37. The smallest absolute Gasteiger partial charge is 0.166 e. The van der Waals surface area contributed by atoms with Gasteiger partial charge in [-0.2, -0.15) is 0 Å². The second kappa shape index (κ2) is 3.27. The van der Waals surface area contributed by atoms with Crippen LogP contribution in [-0.2, 0) is 0 Å². The monoisotopic (exact) mass is 214 g/mol. The van der Waals surface area contributed by atoms with E-state index in [-0.39, 0.29) is 0 Å². The van der Waals surface area contributed by atoms with Crippen molar-refractivity contribution in [2.24, 2.45) is 0 Å². The Hall–Kier alpha value is -1.96. The van der Waals surface area contributed by atoms with E-state index >= 15 is 0 Å². The van der Waals surface area contributed by atoms with Crippen molar-refractivity contribution >= 4 is 21.5 Å². The Morgan fingerprint density at radius 1 is 0.625 bits per heavy atom. The molecule has 3 aromatic rings. The van der Waals surface area contributed by atoms with Crippen molar-refractivity contribution < 1.29 is 8.78 Å². The summed E-state index contributed by atoms with van der Waals surface area (Å²) in [5.74, 6) is -1.58. The lowest BCUT2D eigenvalue weighted by Gasteiger charge is -2.04. The van der Waals surface area contributed by atoms with Crippen LogP contribution >= 0.6 is 0 Å². The average molecular weight is 214 g/mol. The highest BCUT2D eigenvalue weighted by molar-refractivity contribution is 6.07. The van der Waals surface area contributed by atoms with Gasteiger partial charge in [0.05, 0.1) is 0 Å². The lowest BCUT2D eigenvalue weighted by molar-refractivity contribution is 0.517. The molecule has 0 saturated carbocycles. The van der Waals surface area contributed by atoms with Gasteiger partial charge in [-0.3, -0.25) is 0 Å². The lowest BCUT2D eigenvalue weighted by Crippen LogP contribution is -1.86. The predicted octanol–water partition coefficient (Wildman–Crippen LogP) is 4.27. The second-order valence-electron chi connectivity index (χ2n) is 3.74. The third-order valence-electron chi connectivity index (χ3n) is 2.81. The summed E-state index contributed by atoms with van der Waals surface area (Å²) in [6.07, 6.45) is 0. The van der Waals surface area contributed by atoms with Crippen LogP contribution in [0.5, 0.6) is 0 Å². The van der Waals surface area contributed by atoms with Crippen molar-refractivity contribution in [1.82, 2.24) is 0 Å². The molecular formula is C14H8F2. The summed E-state index contributed by atoms with van der Waals surface area (Å²) in [5, 5.41) is 3.05. The van der Waals surface area contributed by atoms with E-state index in [1.54, 1.807) is 18.2 Å². The minimum atomic E-state index is -0.803. The number of rotatable bonds is 0. The Morgan fingerprint density at radius 2 is 1.38 bits per heavy atom. The first-order valence-corrected chi connectivity index (χ1v) is 5.03. The van der Waals surface area contributed by atoms with Gasteiger partial charge >= 0.3 is 0 Å². The van der Waals surface area contributed by atoms with Gasteiger partial charge in [-0.15, -0.1) is 0 Å². The zero-order chi connectivity index (χ0) is 11.1. The van der Waals surface area contributed by atoms with E-state index in [1.165, 1.54) is 6.07 Å². The third kappa shape index (κ3) is 1.20. The summed E-state index contributed by atoms with van der Waals surface area (Å²) in [7, 11) is 0. The summed E-state index contributed by atoms with van der Waals surface area (Å²) in [6.45, 7) is 0. The molecule has 0 fully saturated rings. The highest BCUT2D eigenvalue weighted by Gasteiger charge is 2.08. The SMILES string of the molecule is Fc1ccc2c(ccc3ccccc32)c1F. The van der Waals surface area contributed by atoms with Crippen LogP contribution in [0, 0.1) is 11.6 Å². The second-order valence-corrected chi connectivity index (χ2v) is 3.74. The van der Waals surface area contributed by atoms with Crippen LogP contribution in [0.1, 0.15) is 0 Å². The van der Waals surface area contributed by atoms with E-state index in [2.05, 4.69) is 0 Å². The topological polar surface area (TPSA) is 0 Å². The Balaban J connectivity index is 2.58. The first-order valence-electron chi connectivity index (χ1n) is 5.03. The normalized spacial score (nSPS) is 11.1. The standard InChI is InChI=1S/C14H8F2/c15-13-8-7-11-10-4-2-1-3-9(10)5-6-12(11)14(13)16/h1-8H. The molecular weight excluding hydrogens is 206 g/mol. The third-order valence-corrected chi connectivity index (χ3v) is 2.81. The van der Waals surface area contributed by atoms with Gasteiger partial charge in [0.1, 0.15) is 0 Å².